The van der Waals surface area contributed by atoms with Crippen molar-refractivity contribution in [1.82, 2.24) is 4.57 Å². The molecule has 4 rings (SSSR count). The average Bonchev–Trinajstić information content (AvgIpc) is 3.14. The fourth-order valence-corrected chi connectivity index (χ4v) is 3.82. The van der Waals surface area contributed by atoms with Crippen LogP contribution in [-0.2, 0) is 6.54 Å². The highest BCUT2D eigenvalue weighted by Crippen LogP contribution is 2.35. The number of benzene rings is 2. The number of hydrogen-bond acceptors (Lipinski definition) is 3. The molecule has 1 aromatic heterocycles. The number of fused-ring (bicyclic) bond motifs is 3. The highest BCUT2D eigenvalue weighted by Gasteiger charge is 2.27. The monoisotopic (exact) mass is 374 g/mol. The lowest BCUT2D eigenvalue weighted by Crippen LogP contribution is -2.83. The Morgan fingerprint density at radius 1 is 1.07 bits per heavy atom. The Hall–Kier alpha value is -3.23. The predicted molar refractivity (Wildman–Crippen MR) is 107 cm³/mol. The zero-order chi connectivity index (χ0) is 19.5. The van der Waals surface area contributed by atoms with E-state index < -0.39 is 0 Å². The van der Waals surface area contributed by atoms with Gasteiger partial charge in [-0.3, -0.25) is 0 Å². The van der Waals surface area contributed by atoms with Crippen molar-refractivity contribution in [3.05, 3.63) is 77.1 Å². The van der Waals surface area contributed by atoms with Crippen molar-refractivity contribution in [1.29, 1.82) is 5.26 Å². The fourth-order valence-electron chi connectivity index (χ4n) is 3.82. The van der Waals surface area contributed by atoms with Crippen molar-refractivity contribution in [2.75, 3.05) is 13.2 Å². The van der Waals surface area contributed by atoms with Crippen LogP contribution in [0.4, 0.5) is 0 Å². The number of rotatable bonds is 5. The molecule has 0 unspecified atom stereocenters. The normalized spacial score (nSPS) is 15.1. The molecule has 0 saturated heterocycles. The third-order valence-corrected chi connectivity index (χ3v) is 5.08. The molecule has 0 bridgehead atoms. The van der Waals surface area contributed by atoms with Crippen LogP contribution in [-0.4, -0.2) is 17.8 Å². The molecule has 3 aromatic rings. The standard InChI is InChI=1S/C23H23N3O2/c1-3-27-21-12-18-15-25-23(17-9-7-16(14-24)8-10-17)19-6-5-11-26(19)20(18)13-22(21)28-4-2/h5-13,23,25H,3-4,15H2,1-2H3/p+1/t23-/m1/s1. The molecule has 0 fully saturated rings. The summed E-state index contributed by atoms with van der Waals surface area (Å²) >= 11 is 0. The molecule has 1 atom stereocenters. The number of hydrogen-bond donors (Lipinski definition) is 1. The van der Waals surface area contributed by atoms with Crippen LogP contribution < -0.4 is 14.8 Å². The summed E-state index contributed by atoms with van der Waals surface area (Å²) in [6.07, 6.45) is 2.10. The van der Waals surface area contributed by atoms with Crippen LogP contribution in [0.15, 0.2) is 54.7 Å². The van der Waals surface area contributed by atoms with Gasteiger partial charge < -0.3 is 19.4 Å². The molecule has 2 heterocycles. The summed E-state index contributed by atoms with van der Waals surface area (Å²) in [5, 5.41) is 11.4. The van der Waals surface area contributed by atoms with Gasteiger partial charge in [0.1, 0.15) is 6.54 Å². The van der Waals surface area contributed by atoms with Gasteiger partial charge in [0.15, 0.2) is 17.5 Å². The molecular formula is C23H24N3O2+. The molecule has 0 spiro atoms. The molecular weight excluding hydrogens is 350 g/mol. The molecule has 0 amide bonds. The van der Waals surface area contributed by atoms with E-state index in [1.807, 2.05) is 38.1 Å². The van der Waals surface area contributed by atoms with Crippen molar-refractivity contribution < 1.29 is 14.8 Å². The number of aromatic nitrogens is 1. The largest absolute Gasteiger partial charge is 0.490 e. The molecule has 0 aliphatic carbocycles. The van der Waals surface area contributed by atoms with Gasteiger partial charge in [-0.15, -0.1) is 0 Å². The Kier molecular flexibility index (Phi) is 5.05. The minimum Gasteiger partial charge on any atom is -0.490 e. The smallest absolute Gasteiger partial charge is 0.163 e. The number of ether oxygens (including phenoxy) is 2. The molecule has 5 heteroatoms. The molecule has 2 aromatic carbocycles. The van der Waals surface area contributed by atoms with Gasteiger partial charge in [0.2, 0.25) is 0 Å². The SMILES string of the molecule is CCOc1cc2c(cc1OCC)-n1cccc1[C@@H](c1ccc(C#N)cc1)[NH2+]C2. The fraction of sp³-hybridized carbons (Fsp3) is 0.261. The molecule has 142 valence electrons. The minimum absolute atomic E-state index is 0.154. The molecule has 0 saturated carbocycles. The zero-order valence-electron chi connectivity index (χ0n) is 16.2. The van der Waals surface area contributed by atoms with E-state index in [1.54, 1.807) is 0 Å². The maximum Gasteiger partial charge on any atom is 0.163 e. The second kappa shape index (κ2) is 7.79. The lowest BCUT2D eigenvalue weighted by Gasteiger charge is -2.16. The van der Waals surface area contributed by atoms with Crippen molar-refractivity contribution in [3.63, 3.8) is 0 Å². The first kappa shape index (κ1) is 18.1. The van der Waals surface area contributed by atoms with Gasteiger partial charge in [-0.2, -0.15) is 5.26 Å². The predicted octanol–water partition coefficient (Wildman–Crippen LogP) is 3.31. The van der Waals surface area contributed by atoms with E-state index in [2.05, 4.69) is 46.4 Å². The summed E-state index contributed by atoms with van der Waals surface area (Å²) in [6.45, 7) is 5.99. The van der Waals surface area contributed by atoms with Gasteiger partial charge in [0.25, 0.3) is 0 Å². The quantitative estimate of drug-likeness (QED) is 0.745. The maximum atomic E-state index is 9.08. The summed E-state index contributed by atoms with van der Waals surface area (Å²) in [6, 6.07) is 18.6. The highest BCUT2D eigenvalue weighted by molar-refractivity contribution is 5.56. The average molecular weight is 374 g/mol. The van der Waals surface area contributed by atoms with Gasteiger partial charge in [-0.05, 0) is 44.2 Å². The first-order valence-corrected chi connectivity index (χ1v) is 9.68. The van der Waals surface area contributed by atoms with E-state index in [9.17, 15) is 0 Å². The van der Waals surface area contributed by atoms with E-state index in [-0.39, 0.29) is 6.04 Å². The van der Waals surface area contributed by atoms with Crippen molar-refractivity contribution >= 4 is 0 Å². The van der Waals surface area contributed by atoms with Gasteiger partial charge in [0, 0.05) is 23.4 Å². The zero-order valence-corrected chi connectivity index (χ0v) is 16.2. The molecule has 5 nitrogen and oxygen atoms in total. The summed E-state index contributed by atoms with van der Waals surface area (Å²) in [4.78, 5) is 0. The second-order valence-corrected chi connectivity index (χ2v) is 6.75. The van der Waals surface area contributed by atoms with E-state index in [1.165, 1.54) is 16.8 Å². The molecule has 0 radical (unpaired) electrons. The van der Waals surface area contributed by atoms with Gasteiger partial charge in [0.05, 0.1) is 36.2 Å². The van der Waals surface area contributed by atoms with Crippen LogP contribution >= 0.6 is 0 Å². The second-order valence-electron chi connectivity index (χ2n) is 6.75. The van der Waals surface area contributed by atoms with Crippen molar-refractivity contribution in [2.45, 2.75) is 26.4 Å². The Bertz CT molecular complexity index is 1020. The molecule has 1 aliphatic rings. The molecule has 2 N–H and O–H groups in total. The lowest BCUT2D eigenvalue weighted by molar-refractivity contribution is -0.702. The number of nitrogens with zero attached hydrogens (tertiary/aromatic N) is 2. The van der Waals surface area contributed by atoms with Gasteiger partial charge in [-0.25, -0.2) is 0 Å². The first-order chi connectivity index (χ1) is 13.7. The summed E-state index contributed by atoms with van der Waals surface area (Å²) in [7, 11) is 0. The topological polar surface area (TPSA) is 63.8 Å². The Balaban J connectivity index is 1.79. The molecule has 1 aliphatic heterocycles. The number of quaternary nitrogens is 1. The van der Waals surface area contributed by atoms with Crippen molar-refractivity contribution in [3.8, 4) is 23.3 Å². The number of nitrogens with two attached hydrogens (primary N) is 1. The lowest BCUT2D eigenvalue weighted by atomic mass is 10.0. The van der Waals surface area contributed by atoms with Crippen LogP contribution in [0.25, 0.3) is 5.69 Å². The van der Waals surface area contributed by atoms with Crippen LogP contribution in [0.5, 0.6) is 11.5 Å². The summed E-state index contributed by atoms with van der Waals surface area (Å²) in [5.41, 5.74) is 5.40. The van der Waals surface area contributed by atoms with Crippen LogP contribution in [0.1, 0.15) is 42.3 Å². The van der Waals surface area contributed by atoms with Gasteiger partial charge in [-0.1, -0.05) is 12.1 Å². The summed E-state index contributed by atoms with van der Waals surface area (Å²) < 4.78 is 13.9. The Morgan fingerprint density at radius 3 is 2.46 bits per heavy atom. The van der Waals surface area contributed by atoms with E-state index in [4.69, 9.17) is 14.7 Å². The van der Waals surface area contributed by atoms with Crippen LogP contribution in [0, 0.1) is 11.3 Å². The minimum atomic E-state index is 0.154. The molecule has 28 heavy (non-hydrogen) atoms. The van der Waals surface area contributed by atoms with Crippen LogP contribution in [0.3, 0.4) is 0 Å². The first-order valence-electron chi connectivity index (χ1n) is 9.68. The van der Waals surface area contributed by atoms with Crippen LogP contribution in [0.2, 0.25) is 0 Å². The number of nitriles is 1. The van der Waals surface area contributed by atoms with E-state index >= 15 is 0 Å². The van der Waals surface area contributed by atoms with Gasteiger partial charge >= 0.3 is 0 Å². The third-order valence-electron chi connectivity index (χ3n) is 5.08. The Labute approximate surface area is 165 Å². The van der Waals surface area contributed by atoms with E-state index in [0.29, 0.717) is 18.8 Å². The third kappa shape index (κ3) is 3.23. The maximum absolute atomic E-state index is 9.08. The highest BCUT2D eigenvalue weighted by atomic mass is 16.5. The Morgan fingerprint density at radius 2 is 1.79 bits per heavy atom. The van der Waals surface area contributed by atoms with Crippen molar-refractivity contribution in [2.24, 2.45) is 0 Å². The summed E-state index contributed by atoms with van der Waals surface area (Å²) in [5.74, 6) is 1.57. The van der Waals surface area contributed by atoms with E-state index in [0.717, 1.165) is 23.7 Å².